The molecule has 0 atom stereocenters. The van der Waals surface area contributed by atoms with Gasteiger partial charge in [0.25, 0.3) is 0 Å². The molecule has 1 aliphatic heterocycles. The zero-order valence-electron chi connectivity index (χ0n) is 10.9. The first kappa shape index (κ1) is 14.0. The van der Waals surface area contributed by atoms with Gasteiger partial charge in [0.15, 0.2) is 0 Å². The van der Waals surface area contributed by atoms with E-state index in [0.29, 0.717) is 0 Å². The normalized spacial score (nSPS) is 13.4. The van der Waals surface area contributed by atoms with Crippen LogP contribution in [0.5, 0.6) is 0 Å². The average Bonchev–Trinajstić information content (AvgIpc) is 2.73. The third-order valence-electron chi connectivity index (χ3n) is 3.51. The van der Waals surface area contributed by atoms with Crippen LogP contribution in [0.2, 0.25) is 0 Å². The number of rotatable bonds is 6. The summed E-state index contributed by atoms with van der Waals surface area (Å²) < 4.78 is 0. The number of nitrogens with zero attached hydrogens (tertiary/aromatic N) is 1. The van der Waals surface area contributed by atoms with E-state index >= 15 is 0 Å². The molecule has 2 nitrogen and oxygen atoms in total. The van der Waals surface area contributed by atoms with Crippen molar-refractivity contribution in [3.05, 3.63) is 29.8 Å². The van der Waals surface area contributed by atoms with Crippen LogP contribution in [0.3, 0.4) is 0 Å². The lowest BCUT2D eigenvalue weighted by Gasteiger charge is -2.19. The molecule has 0 saturated heterocycles. The molecule has 1 heterocycles. The van der Waals surface area contributed by atoms with Gasteiger partial charge in [-0.1, -0.05) is 50.8 Å². The number of hydrogen-bond acceptors (Lipinski definition) is 1. The summed E-state index contributed by atoms with van der Waals surface area (Å²) in [6, 6.07) is 8.86. The van der Waals surface area contributed by atoms with Crippen LogP contribution in [-0.4, -0.2) is 18.6 Å². The van der Waals surface area contributed by atoms with Crippen molar-refractivity contribution in [1.82, 2.24) is 0 Å². The summed E-state index contributed by atoms with van der Waals surface area (Å²) in [5.41, 5.74) is 3.02. The van der Waals surface area contributed by atoms with Crippen LogP contribution in [0.1, 0.15) is 44.6 Å². The molecule has 17 heavy (non-hydrogen) atoms. The Morgan fingerprint density at radius 1 is 1.06 bits per heavy atom. The maximum atomic E-state index is 2.56. The summed E-state index contributed by atoms with van der Waals surface area (Å²) in [4.78, 5) is 2.56. The third kappa shape index (κ3) is 3.74. The predicted octanol–water partition coefficient (Wildman–Crippen LogP) is 3.19. The molecule has 1 aliphatic rings. The van der Waals surface area contributed by atoms with Crippen molar-refractivity contribution >= 4 is 5.69 Å². The molecule has 0 aromatic heterocycles. The lowest BCUT2D eigenvalue weighted by molar-refractivity contribution is 0.623. The van der Waals surface area contributed by atoms with Gasteiger partial charge in [-0.05, 0) is 24.5 Å². The van der Waals surface area contributed by atoms with Gasteiger partial charge < -0.3 is 10.4 Å². The summed E-state index contributed by atoms with van der Waals surface area (Å²) in [6.07, 6.45) is 8.14. The number of unbranched alkanes of at least 4 members (excludes halogenated alkanes) is 4. The topological polar surface area (TPSA) is 34.7 Å². The van der Waals surface area contributed by atoms with Gasteiger partial charge in [0.1, 0.15) is 0 Å². The molecule has 0 unspecified atom stereocenters. The van der Waals surface area contributed by atoms with Gasteiger partial charge in [-0.3, -0.25) is 0 Å². The molecule has 0 spiro atoms. The van der Waals surface area contributed by atoms with Crippen molar-refractivity contribution in [3.8, 4) is 0 Å². The highest BCUT2D eigenvalue weighted by Crippen LogP contribution is 2.27. The van der Waals surface area contributed by atoms with Gasteiger partial charge in [0, 0.05) is 18.8 Å². The van der Waals surface area contributed by atoms with Crippen LogP contribution in [0.25, 0.3) is 0 Å². The largest absolute Gasteiger partial charge is 0.412 e. The highest BCUT2D eigenvalue weighted by molar-refractivity contribution is 5.57. The Morgan fingerprint density at radius 2 is 1.82 bits per heavy atom. The zero-order chi connectivity index (χ0) is 11.2. The minimum absolute atomic E-state index is 0. The van der Waals surface area contributed by atoms with Gasteiger partial charge in [0.05, 0.1) is 0 Å². The Bertz CT molecular complexity index is 324. The van der Waals surface area contributed by atoms with Gasteiger partial charge >= 0.3 is 0 Å². The molecule has 0 radical (unpaired) electrons. The van der Waals surface area contributed by atoms with E-state index < -0.39 is 0 Å². The third-order valence-corrected chi connectivity index (χ3v) is 3.51. The predicted molar refractivity (Wildman–Crippen MR) is 74.7 cm³/mol. The van der Waals surface area contributed by atoms with E-state index in [9.17, 15) is 0 Å². The van der Waals surface area contributed by atoms with Crippen molar-refractivity contribution in [1.29, 1.82) is 0 Å². The molecule has 2 heteroatoms. The van der Waals surface area contributed by atoms with E-state index in [4.69, 9.17) is 0 Å². The second kappa shape index (κ2) is 7.33. The molecule has 0 aliphatic carbocycles. The van der Waals surface area contributed by atoms with E-state index in [1.165, 1.54) is 62.9 Å². The molecular weight excluding hydrogens is 210 g/mol. The summed E-state index contributed by atoms with van der Waals surface area (Å²) in [5.74, 6) is 0. The summed E-state index contributed by atoms with van der Waals surface area (Å²) in [7, 11) is 0. The molecule has 0 fully saturated rings. The summed E-state index contributed by atoms with van der Waals surface area (Å²) >= 11 is 0. The highest BCUT2D eigenvalue weighted by Gasteiger charge is 2.16. The minimum Gasteiger partial charge on any atom is -0.412 e. The Kier molecular flexibility index (Phi) is 6.06. The second-order valence-corrected chi connectivity index (χ2v) is 4.78. The number of para-hydroxylation sites is 1. The molecule has 0 bridgehead atoms. The van der Waals surface area contributed by atoms with Crippen LogP contribution in [0.4, 0.5) is 5.69 Å². The summed E-state index contributed by atoms with van der Waals surface area (Å²) in [5, 5.41) is 0. The Labute approximate surface area is 105 Å². The van der Waals surface area contributed by atoms with Gasteiger partial charge in [-0.15, -0.1) is 0 Å². The van der Waals surface area contributed by atoms with Crippen LogP contribution in [-0.2, 0) is 6.42 Å². The number of benzene rings is 1. The molecule has 0 amide bonds. The number of anilines is 1. The Morgan fingerprint density at radius 3 is 2.65 bits per heavy atom. The van der Waals surface area contributed by atoms with Crippen molar-refractivity contribution in [3.63, 3.8) is 0 Å². The molecule has 2 rings (SSSR count). The quantitative estimate of drug-likeness (QED) is 0.697. The fourth-order valence-electron chi connectivity index (χ4n) is 2.55. The summed E-state index contributed by atoms with van der Waals surface area (Å²) in [6.45, 7) is 4.75. The van der Waals surface area contributed by atoms with Gasteiger partial charge in [-0.25, -0.2) is 0 Å². The van der Waals surface area contributed by atoms with Gasteiger partial charge in [0.2, 0.25) is 0 Å². The van der Waals surface area contributed by atoms with Gasteiger partial charge in [-0.2, -0.15) is 0 Å². The maximum absolute atomic E-state index is 2.56. The fourth-order valence-corrected chi connectivity index (χ4v) is 2.55. The zero-order valence-corrected chi connectivity index (χ0v) is 10.9. The van der Waals surface area contributed by atoms with Crippen LogP contribution in [0, 0.1) is 0 Å². The average molecular weight is 235 g/mol. The van der Waals surface area contributed by atoms with E-state index in [1.54, 1.807) is 0 Å². The van der Waals surface area contributed by atoms with Crippen LogP contribution in [0.15, 0.2) is 24.3 Å². The standard InChI is InChI=1S/C15H23N.H2O/c1-2-3-4-5-8-12-16-13-11-14-9-6-7-10-15(14)16;/h6-7,9-10H,2-5,8,11-13H2,1H3;1H2. The van der Waals surface area contributed by atoms with Crippen molar-refractivity contribution in [2.24, 2.45) is 0 Å². The lowest BCUT2D eigenvalue weighted by atomic mass is 10.1. The molecule has 1 aromatic carbocycles. The Hall–Kier alpha value is -1.02. The second-order valence-electron chi connectivity index (χ2n) is 4.78. The first-order valence-corrected chi connectivity index (χ1v) is 6.74. The van der Waals surface area contributed by atoms with Crippen LogP contribution < -0.4 is 4.90 Å². The molecule has 0 saturated carbocycles. The molecule has 96 valence electrons. The lowest BCUT2D eigenvalue weighted by Crippen LogP contribution is -2.21. The first-order chi connectivity index (χ1) is 7.92. The SMILES string of the molecule is CCCCCCCN1CCc2ccccc21.O. The number of hydrogen-bond donors (Lipinski definition) is 0. The molecule has 2 N–H and O–H groups in total. The first-order valence-electron chi connectivity index (χ1n) is 6.74. The monoisotopic (exact) mass is 235 g/mol. The number of fused-ring (bicyclic) bond motifs is 1. The highest BCUT2D eigenvalue weighted by atomic mass is 16.0. The maximum Gasteiger partial charge on any atom is 0.0399 e. The van der Waals surface area contributed by atoms with E-state index in [2.05, 4.69) is 36.1 Å². The van der Waals surface area contributed by atoms with E-state index in [0.717, 1.165) is 0 Å². The fraction of sp³-hybridized carbons (Fsp3) is 0.600. The molecule has 1 aromatic rings. The van der Waals surface area contributed by atoms with Crippen molar-refractivity contribution < 1.29 is 5.48 Å². The smallest absolute Gasteiger partial charge is 0.0399 e. The molecular formula is C15H25NO. The van der Waals surface area contributed by atoms with Crippen LogP contribution >= 0.6 is 0 Å². The van der Waals surface area contributed by atoms with E-state index in [1.807, 2.05) is 0 Å². The van der Waals surface area contributed by atoms with Crippen molar-refractivity contribution in [2.45, 2.75) is 45.4 Å². The minimum atomic E-state index is 0. The Balaban J connectivity index is 0.00000144. The van der Waals surface area contributed by atoms with Crippen molar-refractivity contribution in [2.75, 3.05) is 18.0 Å². The van der Waals surface area contributed by atoms with E-state index in [-0.39, 0.29) is 5.48 Å².